The molecular weight excluding hydrogens is 292 g/mol. The number of nitriles is 1. The van der Waals surface area contributed by atoms with Crippen LogP contribution in [0.4, 0.5) is 5.69 Å². The maximum atomic E-state index is 8.97. The Bertz CT molecular complexity index is 802. The third-order valence-electron chi connectivity index (χ3n) is 4.33. The molecule has 0 saturated heterocycles. The fourth-order valence-corrected chi connectivity index (χ4v) is 2.94. The van der Waals surface area contributed by atoms with Crippen LogP contribution in [-0.4, -0.2) is 7.05 Å². The van der Waals surface area contributed by atoms with E-state index in [4.69, 9.17) is 5.26 Å². The van der Waals surface area contributed by atoms with Crippen LogP contribution in [0.25, 0.3) is 0 Å². The van der Waals surface area contributed by atoms with Gasteiger partial charge in [0.2, 0.25) is 0 Å². The number of rotatable bonds is 5. The van der Waals surface area contributed by atoms with Gasteiger partial charge in [-0.1, -0.05) is 60.7 Å². The summed E-state index contributed by atoms with van der Waals surface area (Å²) in [6.45, 7) is 0. The monoisotopic (exact) mass is 312 g/mol. The SMILES string of the molecule is CN(c1ccccc1)C(Cc1ccc(C#N)cc1)c1ccccc1. The first kappa shape index (κ1) is 15.8. The van der Waals surface area contributed by atoms with Crippen molar-refractivity contribution in [3.8, 4) is 6.07 Å². The van der Waals surface area contributed by atoms with E-state index in [9.17, 15) is 0 Å². The Morgan fingerprint density at radius 1 is 0.833 bits per heavy atom. The highest BCUT2D eigenvalue weighted by Gasteiger charge is 2.18. The van der Waals surface area contributed by atoms with Gasteiger partial charge in [-0.05, 0) is 41.8 Å². The van der Waals surface area contributed by atoms with E-state index in [-0.39, 0.29) is 6.04 Å². The quantitative estimate of drug-likeness (QED) is 0.664. The molecule has 3 aromatic carbocycles. The Labute approximate surface area is 143 Å². The van der Waals surface area contributed by atoms with Gasteiger partial charge >= 0.3 is 0 Å². The summed E-state index contributed by atoms with van der Waals surface area (Å²) in [5.41, 5.74) is 4.41. The average Bonchev–Trinajstić information content (AvgIpc) is 2.67. The molecule has 0 amide bonds. The minimum atomic E-state index is 0.238. The fourth-order valence-electron chi connectivity index (χ4n) is 2.94. The zero-order chi connectivity index (χ0) is 16.8. The van der Waals surface area contributed by atoms with Gasteiger partial charge in [0, 0.05) is 12.7 Å². The van der Waals surface area contributed by atoms with E-state index in [2.05, 4.69) is 66.5 Å². The normalized spacial score (nSPS) is 11.5. The van der Waals surface area contributed by atoms with Gasteiger partial charge in [-0.25, -0.2) is 0 Å². The molecule has 0 heterocycles. The Morgan fingerprint density at radius 3 is 2.00 bits per heavy atom. The van der Waals surface area contributed by atoms with Gasteiger partial charge in [0.25, 0.3) is 0 Å². The third-order valence-corrected chi connectivity index (χ3v) is 4.33. The molecule has 0 saturated carbocycles. The second-order valence-electron chi connectivity index (χ2n) is 5.89. The van der Waals surface area contributed by atoms with E-state index >= 15 is 0 Å². The number of anilines is 1. The van der Waals surface area contributed by atoms with E-state index < -0.39 is 0 Å². The number of nitrogens with zero attached hydrogens (tertiary/aromatic N) is 2. The van der Waals surface area contributed by atoms with Crippen molar-refractivity contribution in [2.45, 2.75) is 12.5 Å². The number of hydrogen-bond acceptors (Lipinski definition) is 2. The summed E-state index contributed by atoms with van der Waals surface area (Å²) in [6.07, 6.45) is 0.890. The summed E-state index contributed by atoms with van der Waals surface area (Å²) in [6, 6.07) is 31.3. The van der Waals surface area contributed by atoms with Gasteiger partial charge in [-0.2, -0.15) is 5.26 Å². The summed E-state index contributed by atoms with van der Waals surface area (Å²) in [5.74, 6) is 0. The molecule has 0 N–H and O–H groups in total. The van der Waals surface area contributed by atoms with Gasteiger partial charge in [-0.15, -0.1) is 0 Å². The Hall–Kier alpha value is -3.05. The molecule has 0 aliphatic heterocycles. The van der Waals surface area contributed by atoms with Crippen molar-refractivity contribution in [2.75, 3.05) is 11.9 Å². The van der Waals surface area contributed by atoms with Crippen LogP contribution in [0.15, 0.2) is 84.9 Å². The molecule has 2 nitrogen and oxygen atoms in total. The van der Waals surface area contributed by atoms with Gasteiger partial charge in [-0.3, -0.25) is 0 Å². The summed E-state index contributed by atoms with van der Waals surface area (Å²) < 4.78 is 0. The number of benzene rings is 3. The van der Waals surface area contributed by atoms with Crippen molar-refractivity contribution in [1.82, 2.24) is 0 Å². The maximum absolute atomic E-state index is 8.97. The van der Waals surface area contributed by atoms with E-state index in [1.165, 1.54) is 16.8 Å². The van der Waals surface area contributed by atoms with Crippen LogP contribution in [0, 0.1) is 11.3 Å². The van der Waals surface area contributed by atoms with Crippen LogP contribution in [0.1, 0.15) is 22.7 Å². The number of hydrogen-bond donors (Lipinski definition) is 0. The molecule has 3 rings (SSSR count). The van der Waals surface area contributed by atoms with Gasteiger partial charge in [0.15, 0.2) is 0 Å². The maximum Gasteiger partial charge on any atom is 0.0991 e. The fraction of sp³-hybridized carbons (Fsp3) is 0.136. The van der Waals surface area contributed by atoms with Crippen LogP contribution in [0.3, 0.4) is 0 Å². The highest BCUT2D eigenvalue weighted by Crippen LogP contribution is 2.28. The van der Waals surface area contributed by atoms with Gasteiger partial charge in [0.1, 0.15) is 0 Å². The van der Waals surface area contributed by atoms with Gasteiger partial charge < -0.3 is 4.90 Å². The van der Waals surface area contributed by atoms with E-state index in [0.29, 0.717) is 5.56 Å². The topological polar surface area (TPSA) is 27.0 Å². The van der Waals surface area contributed by atoms with Crippen LogP contribution in [-0.2, 0) is 6.42 Å². The Kier molecular flexibility index (Phi) is 4.93. The van der Waals surface area contributed by atoms with Gasteiger partial charge in [0.05, 0.1) is 17.7 Å². The first-order chi connectivity index (χ1) is 11.8. The molecule has 2 heteroatoms. The standard InChI is InChI=1S/C22H20N2/c1-24(21-10-6-3-7-11-21)22(20-8-4-2-5-9-20)16-18-12-14-19(17-23)15-13-18/h2-15,22H,16H2,1H3. The Morgan fingerprint density at radius 2 is 1.42 bits per heavy atom. The van der Waals surface area contributed by atoms with Crippen LogP contribution in [0.5, 0.6) is 0 Å². The lowest BCUT2D eigenvalue weighted by molar-refractivity contribution is 0.667. The lowest BCUT2D eigenvalue weighted by Gasteiger charge is -2.31. The molecule has 0 aliphatic rings. The van der Waals surface area contributed by atoms with Crippen LogP contribution < -0.4 is 4.90 Å². The minimum absolute atomic E-state index is 0.238. The van der Waals surface area contributed by atoms with Crippen LogP contribution >= 0.6 is 0 Å². The summed E-state index contributed by atoms with van der Waals surface area (Å²) in [5, 5.41) is 8.97. The molecule has 1 atom stereocenters. The molecule has 0 radical (unpaired) electrons. The predicted octanol–water partition coefficient (Wildman–Crippen LogP) is 4.98. The molecule has 0 aromatic heterocycles. The minimum Gasteiger partial charge on any atom is -0.367 e. The lowest BCUT2D eigenvalue weighted by atomic mass is 9.96. The van der Waals surface area contributed by atoms with Crippen molar-refractivity contribution >= 4 is 5.69 Å². The number of para-hydroxylation sites is 1. The Balaban J connectivity index is 1.91. The second-order valence-corrected chi connectivity index (χ2v) is 5.89. The molecule has 0 aliphatic carbocycles. The summed E-state index contributed by atoms with van der Waals surface area (Å²) >= 11 is 0. The first-order valence-corrected chi connectivity index (χ1v) is 8.10. The third kappa shape index (κ3) is 3.64. The summed E-state index contributed by atoms with van der Waals surface area (Å²) in [7, 11) is 2.14. The zero-order valence-electron chi connectivity index (χ0n) is 13.8. The molecule has 118 valence electrons. The van der Waals surface area contributed by atoms with Crippen LogP contribution in [0.2, 0.25) is 0 Å². The van der Waals surface area contributed by atoms with Crippen molar-refractivity contribution in [1.29, 1.82) is 5.26 Å². The van der Waals surface area contributed by atoms with E-state index in [0.717, 1.165) is 6.42 Å². The largest absolute Gasteiger partial charge is 0.367 e. The molecule has 0 fully saturated rings. The number of likely N-dealkylation sites (N-methyl/N-ethyl adjacent to an activating group) is 1. The first-order valence-electron chi connectivity index (χ1n) is 8.10. The highest BCUT2D eigenvalue weighted by atomic mass is 15.1. The van der Waals surface area contributed by atoms with Crippen molar-refractivity contribution in [2.24, 2.45) is 0 Å². The molecule has 3 aromatic rings. The average molecular weight is 312 g/mol. The van der Waals surface area contributed by atoms with Crippen molar-refractivity contribution in [3.05, 3.63) is 102 Å². The van der Waals surface area contributed by atoms with Crippen molar-refractivity contribution in [3.63, 3.8) is 0 Å². The smallest absolute Gasteiger partial charge is 0.0991 e. The highest BCUT2D eigenvalue weighted by molar-refractivity contribution is 5.48. The predicted molar refractivity (Wildman–Crippen MR) is 98.9 cm³/mol. The lowest BCUT2D eigenvalue weighted by Crippen LogP contribution is -2.26. The molecule has 0 bridgehead atoms. The van der Waals surface area contributed by atoms with E-state index in [1.807, 2.05) is 36.4 Å². The molecule has 0 spiro atoms. The van der Waals surface area contributed by atoms with Crippen molar-refractivity contribution < 1.29 is 0 Å². The van der Waals surface area contributed by atoms with E-state index in [1.54, 1.807) is 0 Å². The summed E-state index contributed by atoms with van der Waals surface area (Å²) in [4.78, 5) is 2.31. The molecular formula is C22H20N2. The zero-order valence-corrected chi connectivity index (χ0v) is 13.8. The molecule has 24 heavy (non-hydrogen) atoms. The second kappa shape index (κ2) is 7.48. The molecule has 1 unspecified atom stereocenters.